The summed E-state index contributed by atoms with van der Waals surface area (Å²) < 4.78 is 1.91. The van der Waals surface area contributed by atoms with Crippen LogP contribution in [0.3, 0.4) is 0 Å². The van der Waals surface area contributed by atoms with Crippen LogP contribution < -0.4 is 0 Å². The third-order valence-electron chi connectivity index (χ3n) is 2.27. The Morgan fingerprint density at radius 2 is 2.29 bits per heavy atom. The molecule has 0 atom stereocenters. The lowest BCUT2D eigenvalue weighted by Gasteiger charge is -1.96. The topological polar surface area (TPSA) is 46.7 Å². The Labute approximate surface area is 80.9 Å². The van der Waals surface area contributed by atoms with Crippen molar-refractivity contribution in [3.63, 3.8) is 0 Å². The average molecular weight is 187 g/mol. The van der Waals surface area contributed by atoms with E-state index in [0.29, 0.717) is 11.3 Å². The summed E-state index contributed by atoms with van der Waals surface area (Å²) in [6, 6.07) is 3.57. The van der Waals surface area contributed by atoms with Crippen molar-refractivity contribution < 1.29 is 4.79 Å². The van der Waals surface area contributed by atoms with E-state index in [2.05, 4.69) is 9.98 Å². The molecule has 0 aliphatic rings. The zero-order valence-electron chi connectivity index (χ0n) is 7.98. The van der Waals surface area contributed by atoms with Crippen LogP contribution in [-0.2, 0) is 4.79 Å². The van der Waals surface area contributed by atoms with Crippen LogP contribution in [0.15, 0.2) is 23.3 Å². The molecule has 0 spiro atoms. The van der Waals surface area contributed by atoms with Crippen LogP contribution in [0.1, 0.15) is 11.4 Å². The van der Waals surface area contributed by atoms with Crippen LogP contribution in [0.25, 0.3) is 5.65 Å². The Morgan fingerprint density at radius 3 is 3.00 bits per heavy atom. The highest BCUT2D eigenvalue weighted by molar-refractivity contribution is 5.68. The highest BCUT2D eigenvalue weighted by Gasteiger charge is 2.06. The maximum atomic E-state index is 10.2. The van der Waals surface area contributed by atoms with Crippen molar-refractivity contribution >= 4 is 17.4 Å². The largest absolute Gasteiger partial charge is 0.302 e. The van der Waals surface area contributed by atoms with Gasteiger partial charge in [-0.3, -0.25) is 0 Å². The van der Waals surface area contributed by atoms with Crippen LogP contribution in [0, 0.1) is 13.8 Å². The number of imidazole rings is 1. The van der Waals surface area contributed by atoms with Gasteiger partial charge in [0.25, 0.3) is 0 Å². The molecule has 2 rings (SSSR count). The Bertz CT molecular complexity index is 536. The van der Waals surface area contributed by atoms with E-state index in [-0.39, 0.29) is 0 Å². The molecule has 0 fully saturated rings. The maximum Gasteiger partial charge on any atom is 0.240 e. The summed E-state index contributed by atoms with van der Waals surface area (Å²) in [5.41, 5.74) is 3.26. The van der Waals surface area contributed by atoms with Gasteiger partial charge in [-0.25, -0.2) is 9.78 Å². The Morgan fingerprint density at radius 1 is 1.50 bits per heavy atom. The van der Waals surface area contributed by atoms with E-state index in [1.54, 1.807) is 6.07 Å². The lowest BCUT2D eigenvalue weighted by Crippen LogP contribution is -1.86. The van der Waals surface area contributed by atoms with Crippen molar-refractivity contribution in [1.29, 1.82) is 0 Å². The molecule has 0 aliphatic heterocycles. The third kappa shape index (κ3) is 1.13. The van der Waals surface area contributed by atoms with Crippen molar-refractivity contribution in [1.82, 2.24) is 9.38 Å². The van der Waals surface area contributed by atoms with Gasteiger partial charge in [-0.15, -0.1) is 0 Å². The molecule has 0 unspecified atom stereocenters. The van der Waals surface area contributed by atoms with Crippen molar-refractivity contribution in [3.8, 4) is 0 Å². The molecule has 0 saturated carbocycles. The van der Waals surface area contributed by atoms with Crippen LogP contribution in [-0.4, -0.2) is 15.5 Å². The van der Waals surface area contributed by atoms with Crippen molar-refractivity contribution in [3.05, 3.63) is 29.7 Å². The number of fused-ring (bicyclic) bond motifs is 1. The number of aromatic nitrogens is 2. The standard InChI is InChI=1S/C10H9N3O/c1-7-8(2)13-5-3-4-9(11-6-14)10(13)12-7/h3-5H,1-2H3. The second kappa shape index (κ2) is 3.09. The van der Waals surface area contributed by atoms with E-state index in [1.165, 1.54) is 6.08 Å². The normalized spacial score (nSPS) is 10.1. The highest BCUT2D eigenvalue weighted by atomic mass is 16.1. The summed E-state index contributed by atoms with van der Waals surface area (Å²) in [7, 11) is 0. The van der Waals surface area contributed by atoms with E-state index in [0.717, 1.165) is 11.4 Å². The molecule has 70 valence electrons. The van der Waals surface area contributed by atoms with Crippen LogP contribution in [0.4, 0.5) is 5.69 Å². The molecule has 0 aromatic carbocycles. The predicted molar refractivity (Wildman–Crippen MR) is 52.4 cm³/mol. The molecule has 4 nitrogen and oxygen atoms in total. The van der Waals surface area contributed by atoms with Gasteiger partial charge in [0.05, 0.1) is 5.69 Å². The van der Waals surface area contributed by atoms with Gasteiger partial charge in [0.2, 0.25) is 6.08 Å². The number of carbonyl (C=O) groups excluding carboxylic acids is 1. The Balaban J connectivity index is 2.87. The monoisotopic (exact) mass is 187 g/mol. The Hall–Kier alpha value is -1.93. The van der Waals surface area contributed by atoms with Gasteiger partial charge in [0.1, 0.15) is 5.69 Å². The molecule has 0 radical (unpaired) electrons. The fraction of sp³-hybridized carbons (Fsp3) is 0.200. The van der Waals surface area contributed by atoms with E-state index >= 15 is 0 Å². The second-order valence-electron chi connectivity index (χ2n) is 3.07. The smallest absolute Gasteiger partial charge is 0.240 e. The summed E-state index contributed by atoms with van der Waals surface area (Å²) in [6.07, 6.45) is 3.42. The molecule has 2 aromatic rings. The number of nitrogens with zero attached hydrogens (tertiary/aromatic N) is 3. The lowest BCUT2D eigenvalue weighted by molar-refractivity contribution is 0.565. The van der Waals surface area contributed by atoms with Crippen molar-refractivity contribution in [2.45, 2.75) is 13.8 Å². The van der Waals surface area contributed by atoms with E-state index in [9.17, 15) is 4.79 Å². The SMILES string of the molecule is Cc1nc2c(N=C=O)cccn2c1C. The number of isocyanates is 1. The van der Waals surface area contributed by atoms with Crippen LogP contribution >= 0.6 is 0 Å². The summed E-state index contributed by atoms with van der Waals surface area (Å²) in [5.74, 6) is 0. The third-order valence-corrected chi connectivity index (χ3v) is 2.27. The maximum absolute atomic E-state index is 10.2. The van der Waals surface area contributed by atoms with E-state index in [1.807, 2.05) is 30.5 Å². The first-order valence-electron chi connectivity index (χ1n) is 4.26. The predicted octanol–water partition coefficient (Wildman–Crippen LogP) is 1.92. The van der Waals surface area contributed by atoms with Gasteiger partial charge in [-0.05, 0) is 26.0 Å². The molecular weight excluding hydrogens is 178 g/mol. The molecule has 2 heterocycles. The minimum absolute atomic E-state index is 0.554. The number of aliphatic imine (C=N–C) groups is 1. The number of aryl methyl sites for hydroxylation is 2. The first-order valence-corrected chi connectivity index (χ1v) is 4.26. The van der Waals surface area contributed by atoms with Gasteiger partial charge in [0, 0.05) is 11.9 Å². The molecule has 0 N–H and O–H groups in total. The van der Waals surface area contributed by atoms with Gasteiger partial charge in [-0.2, -0.15) is 4.99 Å². The second-order valence-corrected chi connectivity index (χ2v) is 3.07. The summed E-state index contributed by atoms with van der Waals surface area (Å²) >= 11 is 0. The lowest BCUT2D eigenvalue weighted by atomic mass is 10.4. The van der Waals surface area contributed by atoms with Gasteiger partial charge in [-0.1, -0.05) is 0 Å². The molecule has 4 heteroatoms. The quantitative estimate of drug-likeness (QED) is 0.505. The molecule has 0 bridgehead atoms. The molecule has 14 heavy (non-hydrogen) atoms. The summed E-state index contributed by atoms with van der Waals surface area (Å²) in [5, 5.41) is 0. The summed E-state index contributed by atoms with van der Waals surface area (Å²) in [6.45, 7) is 3.90. The highest BCUT2D eigenvalue weighted by Crippen LogP contribution is 2.20. The van der Waals surface area contributed by atoms with Crippen molar-refractivity contribution in [2.24, 2.45) is 4.99 Å². The van der Waals surface area contributed by atoms with Gasteiger partial charge in [0.15, 0.2) is 5.65 Å². The number of hydrogen-bond donors (Lipinski definition) is 0. The zero-order chi connectivity index (χ0) is 10.1. The minimum atomic E-state index is 0.554. The first kappa shape index (κ1) is 8.66. The van der Waals surface area contributed by atoms with Gasteiger partial charge < -0.3 is 4.40 Å². The molecule has 0 amide bonds. The fourth-order valence-electron chi connectivity index (χ4n) is 1.42. The molecule has 0 aliphatic carbocycles. The van der Waals surface area contributed by atoms with E-state index in [4.69, 9.17) is 0 Å². The average Bonchev–Trinajstić information content (AvgIpc) is 2.46. The molecular formula is C10H9N3O. The van der Waals surface area contributed by atoms with Gasteiger partial charge >= 0.3 is 0 Å². The van der Waals surface area contributed by atoms with E-state index < -0.39 is 0 Å². The molecule has 2 aromatic heterocycles. The molecule has 0 saturated heterocycles. The number of hydrogen-bond acceptors (Lipinski definition) is 3. The number of rotatable bonds is 1. The summed E-state index contributed by atoms with van der Waals surface area (Å²) in [4.78, 5) is 18.1. The Kier molecular flexibility index (Phi) is 1.91. The fourth-order valence-corrected chi connectivity index (χ4v) is 1.42. The van der Waals surface area contributed by atoms with Crippen molar-refractivity contribution in [2.75, 3.05) is 0 Å². The number of pyridine rings is 1. The van der Waals surface area contributed by atoms with Crippen LogP contribution in [0.5, 0.6) is 0 Å². The minimum Gasteiger partial charge on any atom is -0.302 e. The zero-order valence-corrected chi connectivity index (χ0v) is 7.98. The first-order chi connectivity index (χ1) is 6.74. The van der Waals surface area contributed by atoms with Crippen LogP contribution in [0.2, 0.25) is 0 Å².